The van der Waals surface area contributed by atoms with Crippen molar-refractivity contribution in [1.82, 2.24) is 14.7 Å². The maximum atomic E-state index is 5.90. The van der Waals surface area contributed by atoms with Crippen LogP contribution in [0.15, 0.2) is 0 Å². The van der Waals surface area contributed by atoms with Crippen molar-refractivity contribution in [3.63, 3.8) is 0 Å². The van der Waals surface area contributed by atoms with Gasteiger partial charge in [-0.2, -0.15) is 0 Å². The molecule has 0 amide bonds. The van der Waals surface area contributed by atoms with Gasteiger partial charge in [-0.05, 0) is 0 Å². The van der Waals surface area contributed by atoms with Crippen molar-refractivity contribution in [1.29, 1.82) is 0 Å². The molecule has 0 rings (SSSR count). The Hall–Kier alpha value is 1.59. The summed E-state index contributed by atoms with van der Waals surface area (Å²) >= 11 is 15.3. The van der Waals surface area contributed by atoms with Gasteiger partial charge in [-0.3, -0.25) is 0 Å². The zero-order valence-electron chi connectivity index (χ0n) is 20.4. The van der Waals surface area contributed by atoms with Gasteiger partial charge in [0.15, 0.2) is 0 Å². The van der Waals surface area contributed by atoms with Gasteiger partial charge in [0, 0.05) is 0 Å². The van der Waals surface area contributed by atoms with E-state index in [1.807, 2.05) is 25.8 Å². The molecule has 0 fully saturated rings. The SMILES string of the molecule is CCCCN(CC)C(=S)[S][In]([S]C(=S)N(CC)CCCC)[S]C(=S)N(CC)CCCC. The van der Waals surface area contributed by atoms with Crippen LogP contribution in [0.2, 0.25) is 0 Å². The number of thiocarbonyl (C=S) groups is 3. The molecule has 0 saturated carbocycles. The molecule has 0 aliphatic carbocycles. The number of hydrogen-bond acceptors (Lipinski definition) is 6. The topological polar surface area (TPSA) is 9.72 Å². The van der Waals surface area contributed by atoms with E-state index in [2.05, 4.69) is 56.2 Å². The van der Waals surface area contributed by atoms with Crippen molar-refractivity contribution in [3.8, 4) is 0 Å². The van der Waals surface area contributed by atoms with Crippen LogP contribution in [-0.4, -0.2) is 84.0 Å². The Bertz CT molecular complexity index is 452. The summed E-state index contributed by atoms with van der Waals surface area (Å²) in [6.45, 7) is 19.4. The Morgan fingerprint density at radius 1 is 0.548 bits per heavy atom. The van der Waals surface area contributed by atoms with Crippen LogP contribution in [-0.2, 0) is 0 Å². The molecule has 0 heterocycles. The fraction of sp³-hybridized carbons (Fsp3) is 0.857. The van der Waals surface area contributed by atoms with Crippen molar-refractivity contribution in [3.05, 3.63) is 0 Å². The van der Waals surface area contributed by atoms with Gasteiger partial charge in [-0.25, -0.2) is 0 Å². The molecule has 0 N–H and O–H groups in total. The Kier molecular flexibility index (Phi) is 22.0. The molecule has 0 bridgehead atoms. The molecular weight excluding hydrogens is 601 g/mol. The number of nitrogens with zero attached hydrogens (tertiary/aromatic N) is 3. The second-order valence-electron chi connectivity index (χ2n) is 7.24. The molecule has 0 aliphatic rings. The summed E-state index contributed by atoms with van der Waals surface area (Å²) in [6.07, 6.45) is 7.15. The maximum absolute atomic E-state index is 5.90. The quantitative estimate of drug-likeness (QED) is 0.168. The van der Waals surface area contributed by atoms with Crippen LogP contribution in [0, 0.1) is 0 Å². The molecule has 0 aromatic rings. The first kappa shape index (κ1) is 32.6. The second-order valence-corrected chi connectivity index (χ2v) is 34.2. The van der Waals surface area contributed by atoms with Gasteiger partial charge in [0.25, 0.3) is 0 Å². The summed E-state index contributed by atoms with van der Waals surface area (Å²) in [6, 6.07) is 0. The van der Waals surface area contributed by atoms with E-state index in [4.69, 9.17) is 36.7 Å². The molecule has 10 heteroatoms. The minimum absolute atomic E-state index is 0.976. The van der Waals surface area contributed by atoms with Gasteiger partial charge in [0.2, 0.25) is 0 Å². The standard InChI is InChI=1S/3C7H15NS2.In/c3*1-3-5-6-8(4-2)7(9)10;/h3*3-6H2,1-2H3,(H,9,10);/q;;;+3/p-3. The van der Waals surface area contributed by atoms with E-state index in [1.165, 1.54) is 38.5 Å². The van der Waals surface area contributed by atoms with Gasteiger partial charge < -0.3 is 0 Å². The summed E-state index contributed by atoms with van der Waals surface area (Å²) in [4.78, 5) is 7.10. The molecule has 0 aromatic heterocycles. The molecule has 0 radical (unpaired) electrons. The first-order valence-corrected chi connectivity index (χ1v) is 27.7. The molecule has 3 nitrogen and oxygen atoms in total. The number of hydrogen-bond donors (Lipinski definition) is 0. The van der Waals surface area contributed by atoms with Crippen LogP contribution >= 0.6 is 62.4 Å². The Labute approximate surface area is 224 Å². The van der Waals surface area contributed by atoms with Gasteiger partial charge in [-0.15, -0.1) is 0 Å². The van der Waals surface area contributed by atoms with Crippen molar-refractivity contribution in [2.45, 2.75) is 80.1 Å². The Balaban J connectivity index is 5.32. The fourth-order valence-corrected chi connectivity index (χ4v) is 41.5. The van der Waals surface area contributed by atoms with Gasteiger partial charge in [0.05, 0.1) is 0 Å². The monoisotopic (exact) mass is 643 g/mol. The minimum atomic E-state index is -2.36. The molecular formula is C21H42InN3S6. The van der Waals surface area contributed by atoms with E-state index in [0.717, 1.165) is 52.2 Å². The Morgan fingerprint density at radius 2 is 0.806 bits per heavy atom. The van der Waals surface area contributed by atoms with Gasteiger partial charge >= 0.3 is 226 Å². The van der Waals surface area contributed by atoms with Crippen molar-refractivity contribution in [2.75, 3.05) is 39.3 Å². The molecule has 0 unspecified atom stereocenters. The van der Waals surface area contributed by atoms with Crippen LogP contribution in [0.4, 0.5) is 0 Å². The third-order valence-electron chi connectivity index (χ3n) is 4.86. The molecule has 0 aromatic carbocycles. The molecule has 31 heavy (non-hydrogen) atoms. The Morgan fingerprint density at radius 3 is 1.00 bits per heavy atom. The summed E-state index contributed by atoms with van der Waals surface area (Å²) in [5.41, 5.74) is 0. The number of rotatable bonds is 15. The molecule has 0 aliphatic heterocycles. The van der Waals surface area contributed by atoms with Crippen molar-refractivity contribution in [2.24, 2.45) is 0 Å². The number of unbranched alkanes of at least 4 members (excludes halogenated alkanes) is 3. The molecule has 0 atom stereocenters. The normalized spacial score (nSPS) is 10.6. The van der Waals surface area contributed by atoms with Crippen LogP contribution in [0.25, 0.3) is 0 Å². The zero-order chi connectivity index (χ0) is 23.6. The predicted molar refractivity (Wildman–Crippen MR) is 163 cm³/mol. The van der Waals surface area contributed by atoms with E-state index in [1.54, 1.807) is 0 Å². The zero-order valence-corrected chi connectivity index (χ0v) is 28.5. The first-order valence-electron chi connectivity index (χ1n) is 11.7. The molecule has 0 spiro atoms. The third kappa shape index (κ3) is 14.6. The van der Waals surface area contributed by atoms with Crippen molar-refractivity contribution < 1.29 is 0 Å². The molecule has 180 valence electrons. The van der Waals surface area contributed by atoms with Gasteiger partial charge in [-0.1, -0.05) is 0 Å². The average molecular weight is 644 g/mol. The van der Waals surface area contributed by atoms with E-state index >= 15 is 0 Å². The fourth-order valence-electron chi connectivity index (χ4n) is 2.73. The van der Waals surface area contributed by atoms with E-state index in [9.17, 15) is 0 Å². The molecule has 0 saturated heterocycles. The van der Waals surface area contributed by atoms with Crippen LogP contribution in [0.1, 0.15) is 80.1 Å². The summed E-state index contributed by atoms with van der Waals surface area (Å²) in [7, 11) is 5.86. The van der Waals surface area contributed by atoms with Crippen LogP contribution in [0.3, 0.4) is 0 Å². The summed E-state index contributed by atoms with van der Waals surface area (Å²) in [5.74, 6) is 0. The van der Waals surface area contributed by atoms with E-state index in [-0.39, 0.29) is 0 Å². The van der Waals surface area contributed by atoms with Crippen LogP contribution in [0.5, 0.6) is 0 Å². The predicted octanol–water partition coefficient (Wildman–Crippen LogP) is 7.39. The van der Waals surface area contributed by atoms with Gasteiger partial charge in [0.1, 0.15) is 0 Å². The van der Waals surface area contributed by atoms with E-state index in [0.29, 0.717) is 0 Å². The third-order valence-corrected chi connectivity index (χ3v) is 35.1. The first-order chi connectivity index (χ1) is 14.9. The second kappa shape index (κ2) is 20.9. The summed E-state index contributed by atoms with van der Waals surface area (Å²) < 4.78 is 3.15. The van der Waals surface area contributed by atoms with Crippen LogP contribution < -0.4 is 0 Å². The van der Waals surface area contributed by atoms with E-state index < -0.39 is 17.1 Å². The average Bonchev–Trinajstić information content (AvgIpc) is 2.75. The summed E-state index contributed by atoms with van der Waals surface area (Å²) in [5, 5.41) is 0. The van der Waals surface area contributed by atoms with Crippen molar-refractivity contribution >= 4 is 92.5 Å².